The number of hydrogen-bond donors (Lipinski definition) is 2. The Kier molecular flexibility index (Phi) is 5.43. The molecular weight excluding hydrogens is 381 g/mol. The Hall–Kier alpha value is -1.86. The third-order valence-corrected chi connectivity index (χ3v) is 6.58. The minimum absolute atomic E-state index is 0.0278. The maximum atomic E-state index is 10.6. The van der Waals surface area contributed by atoms with Crippen molar-refractivity contribution in [1.82, 2.24) is 4.57 Å². The number of aromatic nitrogens is 1. The van der Waals surface area contributed by atoms with E-state index in [1.54, 1.807) is 25.1 Å². The van der Waals surface area contributed by atoms with Crippen molar-refractivity contribution in [3.05, 3.63) is 58.5 Å². The zero-order chi connectivity index (χ0) is 17.0. The molecule has 3 aromatic rings. The molecule has 8 heteroatoms. The molecule has 0 amide bonds. The summed E-state index contributed by atoms with van der Waals surface area (Å²) in [5.74, 6) is 5.27. The van der Waals surface area contributed by atoms with Gasteiger partial charge in [-0.05, 0) is 18.6 Å². The summed E-state index contributed by atoms with van der Waals surface area (Å²) in [5, 5.41) is 3.75. The quantitative estimate of drug-likeness (QED) is 0.279. The molecule has 0 aliphatic rings. The van der Waals surface area contributed by atoms with Crippen molar-refractivity contribution in [2.45, 2.75) is 11.8 Å². The van der Waals surface area contributed by atoms with Gasteiger partial charge in [0.2, 0.25) is 0 Å². The third-order valence-electron chi connectivity index (χ3n) is 3.20. The molecule has 3 rings (SSSR count). The summed E-state index contributed by atoms with van der Waals surface area (Å²) in [7, 11) is -2.03. The molecule has 0 unspecified atom stereocenters. The molecule has 0 atom stereocenters. The molecule has 1 heterocycles. The van der Waals surface area contributed by atoms with Crippen LogP contribution in [-0.4, -0.2) is 32.0 Å². The summed E-state index contributed by atoms with van der Waals surface area (Å²) in [5.41, 5.74) is 1.79. The van der Waals surface area contributed by atoms with E-state index in [1.165, 1.54) is 15.8 Å². The first kappa shape index (κ1) is 17.5. The number of nitrogens with two attached hydrogens (primary N) is 1. The van der Waals surface area contributed by atoms with Gasteiger partial charge in [-0.25, -0.2) is 0 Å². The molecule has 0 saturated heterocycles. The standard InChI is InChI=1S/C8H9N3Se.C7H8O3S/c1-11-6-4-2-3-5-7(6)12-8(11)10-9;1-6-4-2-3-5-7(6)11(8,9)10/h2-5H,9H2,1H3;2-5H,1H3,(H,8,9,10)/b10-8-;. The molecule has 2 aromatic carbocycles. The van der Waals surface area contributed by atoms with Crippen molar-refractivity contribution in [3.63, 3.8) is 0 Å². The Labute approximate surface area is 140 Å². The Morgan fingerprint density at radius 3 is 2.26 bits per heavy atom. The Morgan fingerprint density at radius 1 is 1.13 bits per heavy atom. The summed E-state index contributed by atoms with van der Waals surface area (Å²) >= 11 is 0.292. The van der Waals surface area contributed by atoms with E-state index in [0.717, 1.165) is 4.36 Å². The monoisotopic (exact) mass is 399 g/mol. The van der Waals surface area contributed by atoms with Crippen LogP contribution in [0.2, 0.25) is 0 Å². The van der Waals surface area contributed by atoms with Crippen molar-refractivity contribution in [3.8, 4) is 0 Å². The fraction of sp³-hybridized carbons (Fsp3) is 0.133. The second-order valence-electron chi connectivity index (χ2n) is 4.78. The van der Waals surface area contributed by atoms with Gasteiger partial charge in [0.1, 0.15) is 0 Å². The topological polar surface area (TPSA) is 97.7 Å². The predicted molar refractivity (Wildman–Crippen MR) is 90.6 cm³/mol. The number of nitrogens with zero attached hydrogens (tertiary/aromatic N) is 2. The molecular formula is C15H17N3O3SSe. The van der Waals surface area contributed by atoms with E-state index in [0.29, 0.717) is 20.1 Å². The van der Waals surface area contributed by atoms with Gasteiger partial charge in [0.15, 0.2) is 0 Å². The summed E-state index contributed by atoms with van der Waals surface area (Å²) in [6, 6.07) is 14.6. The second kappa shape index (κ2) is 7.14. The Balaban J connectivity index is 0.000000168. The summed E-state index contributed by atoms with van der Waals surface area (Å²) in [6.45, 7) is 1.63. The molecule has 0 aliphatic carbocycles. The van der Waals surface area contributed by atoms with E-state index < -0.39 is 10.1 Å². The van der Waals surface area contributed by atoms with E-state index in [2.05, 4.69) is 21.8 Å². The number of benzene rings is 2. The average molecular weight is 398 g/mol. The number of rotatable bonds is 1. The molecule has 122 valence electrons. The van der Waals surface area contributed by atoms with E-state index in [1.807, 2.05) is 19.2 Å². The number of para-hydroxylation sites is 1. The fourth-order valence-corrected chi connectivity index (χ4v) is 4.75. The molecule has 0 aliphatic heterocycles. The number of hydrogen-bond acceptors (Lipinski definition) is 4. The second-order valence-corrected chi connectivity index (χ2v) is 8.29. The first-order valence-corrected chi connectivity index (χ1v) is 9.81. The van der Waals surface area contributed by atoms with Crippen LogP contribution in [0.5, 0.6) is 0 Å². The van der Waals surface area contributed by atoms with E-state index in [9.17, 15) is 8.42 Å². The van der Waals surface area contributed by atoms with Gasteiger partial charge >= 0.3 is 75.5 Å². The average Bonchev–Trinajstić information content (AvgIpc) is 2.84. The van der Waals surface area contributed by atoms with Crippen LogP contribution in [0.15, 0.2) is 58.5 Å². The molecule has 0 fully saturated rings. The predicted octanol–water partition coefficient (Wildman–Crippen LogP) is 1.25. The zero-order valence-corrected chi connectivity index (χ0v) is 15.2. The number of fused-ring (bicyclic) bond motifs is 1. The van der Waals surface area contributed by atoms with Gasteiger partial charge < -0.3 is 0 Å². The molecule has 0 radical (unpaired) electrons. The number of aryl methyl sites for hydroxylation is 2. The minimum atomic E-state index is -4.03. The Bertz CT molecular complexity index is 990. The van der Waals surface area contributed by atoms with Gasteiger partial charge in [-0.2, -0.15) is 8.42 Å². The van der Waals surface area contributed by atoms with Crippen LogP contribution >= 0.6 is 0 Å². The molecule has 3 N–H and O–H groups in total. The van der Waals surface area contributed by atoms with E-state index in [4.69, 9.17) is 10.4 Å². The van der Waals surface area contributed by atoms with Crippen LogP contribution in [-0.2, 0) is 17.2 Å². The van der Waals surface area contributed by atoms with Crippen molar-refractivity contribution in [2.24, 2.45) is 18.0 Å². The third kappa shape index (κ3) is 4.11. The van der Waals surface area contributed by atoms with Crippen molar-refractivity contribution >= 4 is 34.4 Å². The van der Waals surface area contributed by atoms with Crippen LogP contribution in [0.3, 0.4) is 0 Å². The molecule has 0 saturated carbocycles. The molecule has 23 heavy (non-hydrogen) atoms. The van der Waals surface area contributed by atoms with Crippen molar-refractivity contribution in [2.75, 3.05) is 0 Å². The molecule has 0 spiro atoms. The molecule has 0 bridgehead atoms. The summed E-state index contributed by atoms with van der Waals surface area (Å²) in [6.07, 6.45) is 0. The first-order valence-electron chi connectivity index (χ1n) is 6.66. The van der Waals surface area contributed by atoms with Gasteiger partial charge in [0.05, 0.1) is 4.90 Å². The van der Waals surface area contributed by atoms with Crippen LogP contribution in [0.25, 0.3) is 9.78 Å². The van der Waals surface area contributed by atoms with Crippen LogP contribution in [0.1, 0.15) is 5.56 Å². The van der Waals surface area contributed by atoms with Crippen LogP contribution < -0.4 is 10.2 Å². The van der Waals surface area contributed by atoms with Crippen LogP contribution in [0.4, 0.5) is 0 Å². The zero-order valence-electron chi connectivity index (χ0n) is 12.7. The van der Waals surface area contributed by atoms with Gasteiger partial charge in [-0.1, -0.05) is 18.2 Å². The molecule has 1 aromatic heterocycles. The molecule has 6 nitrogen and oxygen atoms in total. The fourth-order valence-electron chi connectivity index (χ4n) is 2.05. The maximum absolute atomic E-state index is 10.6. The van der Waals surface area contributed by atoms with Crippen LogP contribution in [0, 0.1) is 6.92 Å². The van der Waals surface area contributed by atoms with Crippen molar-refractivity contribution in [1.29, 1.82) is 0 Å². The van der Waals surface area contributed by atoms with Crippen molar-refractivity contribution < 1.29 is 13.0 Å². The van der Waals surface area contributed by atoms with E-state index in [-0.39, 0.29) is 4.90 Å². The summed E-state index contributed by atoms with van der Waals surface area (Å²) < 4.78 is 34.3. The normalized spacial score (nSPS) is 12.0. The van der Waals surface area contributed by atoms with Gasteiger partial charge in [0, 0.05) is 0 Å². The van der Waals surface area contributed by atoms with Gasteiger partial charge in [-0.3, -0.25) is 4.55 Å². The first-order chi connectivity index (χ1) is 10.8. The van der Waals surface area contributed by atoms with Gasteiger partial charge in [-0.15, -0.1) is 0 Å². The SMILES string of the molecule is Cc1ccccc1S(=O)(=O)O.Cn1/c(=N/N)[se]c2ccccc21. The summed E-state index contributed by atoms with van der Waals surface area (Å²) in [4.78, 5) is -0.0278. The van der Waals surface area contributed by atoms with E-state index >= 15 is 0 Å². The Morgan fingerprint density at radius 2 is 1.74 bits per heavy atom. The van der Waals surface area contributed by atoms with Gasteiger partial charge in [0.25, 0.3) is 10.1 Å².